The Morgan fingerprint density at radius 3 is 2.12 bits per heavy atom. The van der Waals surface area contributed by atoms with E-state index in [2.05, 4.69) is 13.8 Å². The van der Waals surface area contributed by atoms with Gasteiger partial charge in [0, 0.05) is 0 Å². The highest BCUT2D eigenvalue weighted by molar-refractivity contribution is 6.03. The maximum absolute atomic E-state index is 11.5. The lowest BCUT2D eigenvalue weighted by molar-refractivity contribution is 0.0650. The lowest BCUT2D eigenvalue weighted by Crippen LogP contribution is -2.13. The van der Waals surface area contributed by atoms with Crippen LogP contribution in [0.2, 0.25) is 0 Å². The van der Waals surface area contributed by atoms with Gasteiger partial charge in [0.25, 0.3) is 0 Å². The van der Waals surface area contributed by atoms with Gasteiger partial charge in [-0.25, -0.2) is 9.59 Å². The first-order chi connectivity index (χ1) is 11.4. The third-order valence-electron chi connectivity index (χ3n) is 4.44. The molecule has 0 aliphatic carbocycles. The van der Waals surface area contributed by atoms with Crippen LogP contribution in [0.15, 0.2) is 12.1 Å². The van der Waals surface area contributed by atoms with Crippen LogP contribution in [0.4, 0.5) is 0 Å². The molecule has 4 nitrogen and oxygen atoms in total. The van der Waals surface area contributed by atoms with Crippen LogP contribution in [-0.4, -0.2) is 22.2 Å². The van der Waals surface area contributed by atoms with E-state index >= 15 is 0 Å². The molecule has 0 heterocycles. The number of carboxylic acids is 2. The van der Waals surface area contributed by atoms with Gasteiger partial charge >= 0.3 is 11.9 Å². The smallest absolute Gasteiger partial charge is 0.336 e. The standard InChI is InChI=1S/C20H30O4/c1-4-16-15(11-9-7-5-6-8-10-14(2)3)12-13-17(19(21)22)18(16)20(23)24/h12-14H,4-11H2,1-3H3,(H,21,22)(H,23,24). The maximum atomic E-state index is 11.5. The fraction of sp³-hybridized carbons (Fsp3) is 0.600. The van der Waals surface area contributed by atoms with Crippen LogP contribution in [0.3, 0.4) is 0 Å². The molecule has 0 amide bonds. The summed E-state index contributed by atoms with van der Waals surface area (Å²) >= 11 is 0. The van der Waals surface area contributed by atoms with Gasteiger partial charge in [-0.1, -0.05) is 58.9 Å². The summed E-state index contributed by atoms with van der Waals surface area (Å²) in [6, 6.07) is 3.22. The minimum absolute atomic E-state index is 0.0422. The zero-order valence-electron chi connectivity index (χ0n) is 15.1. The van der Waals surface area contributed by atoms with Gasteiger partial charge in [-0.05, 0) is 42.4 Å². The lowest BCUT2D eigenvalue weighted by atomic mass is 9.91. The zero-order valence-corrected chi connectivity index (χ0v) is 15.1. The highest BCUT2D eigenvalue weighted by Gasteiger charge is 2.21. The largest absolute Gasteiger partial charge is 0.478 e. The van der Waals surface area contributed by atoms with E-state index in [0.717, 1.165) is 30.7 Å². The first-order valence-electron chi connectivity index (χ1n) is 8.99. The third-order valence-corrected chi connectivity index (χ3v) is 4.44. The Hall–Kier alpha value is -1.84. The fourth-order valence-electron chi connectivity index (χ4n) is 3.15. The Morgan fingerprint density at radius 1 is 0.958 bits per heavy atom. The minimum atomic E-state index is -1.18. The Bertz CT molecular complexity index is 561. The summed E-state index contributed by atoms with van der Waals surface area (Å²) in [6.07, 6.45) is 8.49. The molecule has 0 spiro atoms. The number of aryl methyl sites for hydroxylation is 1. The van der Waals surface area contributed by atoms with Crippen LogP contribution in [0.5, 0.6) is 0 Å². The quantitative estimate of drug-likeness (QED) is 0.546. The third kappa shape index (κ3) is 5.99. The van der Waals surface area contributed by atoms with Crippen molar-refractivity contribution in [2.24, 2.45) is 5.92 Å². The molecular weight excluding hydrogens is 304 g/mol. The summed E-state index contributed by atoms with van der Waals surface area (Å²) in [6.45, 7) is 6.36. The van der Waals surface area contributed by atoms with Crippen LogP contribution >= 0.6 is 0 Å². The van der Waals surface area contributed by atoms with Gasteiger partial charge in [-0.15, -0.1) is 0 Å². The number of unbranched alkanes of at least 4 members (excludes halogenated alkanes) is 4. The van der Waals surface area contributed by atoms with E-state index in [9.17, 15) is 19.8 Å². The second-order valence-electron chi connectivity index (χ2n) is 6.79. The molecule has 0 unspecified atom stereocenters. The Morgan fingerprint density at radius 2 is 1.58 bits per heavy atom. The first-order valence-corrected chi connectivity index (χ1v) is 8.99. The summed E-state index contributed by atoms with van der Waals surface area (Å²) in [5.41, 5.74) is 1.49. The highest BCUT2D eigenvalue weighted by atomic mass is 16.4. The average Bonchev–Trinajstić information content (AvgIpc) is 2.52. The number of benzene rings is 1. The molecule has 0 aliphatic rings. The molecule has 0 atom stereocenters. The molecule has 0 saturated carbocycles. The van der Waals surface area contributed by atoms with E-state index in [1.807, 2.05) is 6.92 Å². The van der Waals surface area contributed by atoms with Gasteiger partial charge < -0.3 is 10.2 Å². The van der Waals surface area contributed by atoms with Crippen molar-refractivity contribution in [3.8, 4) is 0 Å². The zero-order chi connectivity index (χ0) is 18.1. The number of rotatable bonds is 11. The first kappa shape index (κ1) is 20.2. The van der Waals surface area contributed by atoms with E-state index in [1.165, 1.54) is 31.7 Å². The molecule has 0 aliphatic heterocycles. The van der Waals surface area contributed by atoms with E-state index < -0.39 is 11.9 Å². The molecule has 1 rings (SSSR count). The molecule has 0 aromatic heterocycles. The molecule has 134 valence electrons. The molecule has 1 aromatic rings. The van der Waals surface area contributed by atoms with Gasteiger partial charge in [-0.2, -0.15) is 0 Å². The molecule has 0 bridgehead atoms. The van der Waals surface area contributed by atoms with Crippen LogP contribution in [0.25, 0.3) is 0 Å². The monoisotopic (exact) mass is 334 g/mol. The maximum Gasteiger partial charge on any atom is 0.336 e. The van der Waals surface area contributed by atoms with Gasteiger partial charge in [0.1, 0.15) is 0 Å². The van der Waals surface area contributed by atoms with Gasteiger partial charge in [0.2, 0.25) is 0 Å². The number of hydrogen-bond acceptors (Lipinski definition) is 2. The van der Waals surface area contributed by atoms with Gasteiger partial charge in [0.15, 0.2) is 0 Å². The SMILES string of the molecule is CCc1c(CCCCCCCC(C)C)ccc(C(=O)O)c1C(=O)O. The van der Waals surface area contributed by atoms with Crippen LogP contribution < -0.4 is 0 Å². The normalized spacial score (nSPS) is 11.0. The lowest BCUT2D eigenvalue weighted by Gasteiger charge is -2.13. The second kappa shape index (κ2) is 10.1. The molecule has 4 heteroatoms. The van der Waals surface area contributed by atoms with Crippen molar-refractivity contribution in [2.75, 3.05) is 0 Å². The highest BCUT2D eigenvalue weighted by Crippen LogP contribution is 2.23. The molecule has 0 saturated heterocycles. The Balaban J connectivity index is 2.67. The average molecular weight is 334 g/mol. The summed E-state index contributed by atoms with van der Waals surface area (Å²) in [7, 11) is 0. The number of carboxylic acid groups (broad SMARTS) is 2. The summed E-state index contributed by atoms with van der Waals surface area (Å²) in [5, 5.41) is 18.6. The molecule has 1 aromatic carbocycles. The fourth-order valence-corrected chi connectivity index (χ4v) is 3.15. The van der Waals surface area contributed by atoms with E-state index in [0.29, 0.717) is 12.0 Å². The Kier molecular flexibility index (Phi) is 8.51. The van der Waals surface area contributed by atoms with E-state index in [1.54, 1.807) is 6.07 Å². The van der Waals surface area contributed by atoms with Crippen molar-refractivity contribution in [1.82, 2.24) is 0 Å². The predicted molar refractivity (Wildman–Crippen MR) is 96.0 cm³/mol. The Labute approximate surface area is 144 Å². The number of hydrogen-bond donors (Lipinski definition) is 2. The van der Waals surface area contributed by atoms with Crippen LogP contribution in [0, 0.1) is 5.92 Å². The topological polar surface area (TPSA) is 74.6 Å². The van der Waals surface area contributed by atoms with Crippen molar-refractivity contribution in [3.05, 3.63) is 34.4 Å². The van der Waals surface area contributed by atoms with Crippen molar-refractivity contribution < 1.29 is 19.8 Å². The molecule has 24 heavy (non-hydrogen) atoms. The van der Waals surface area contributed by atoms with Crippen LogP contribution in [0.1, 0.15) is 91.1 Å². The molecule has 0 fully saturated rings. The summed E-state index contributed by atoms with van der Waals surface area (Å²) in [4.78, 5) is 22.7. The molecule has 0 radical (unpaired) electrons. The second-order valence-corrected chi connectivity index (χ2v) is 6.79. The van der Waals surface area contributed by atoms with Crippen molar-refractivity contribution in [2.45, 2.75) is 72.1 Å². The van der Waals surface area contributed by atoms with E-state index in [4.69, 9.17) is 0 Å². The van der Waals surface area contributed by atoms with E-state index in [-0.39, 0.29) is 11.1 Å². The van der Waals surface area contributed by atoms with Gasteiger partial charge in [0.05, 0.1) is 11.1 Å². The number of carbonyl (C=O) groups is 2. The minimum Gasteiger partial charge on any atom is -0.478 e. The number of aromatic carboxylic acids is 2. The van der Waals surface area contributed by atoms with Crippen molar-refractivity contribution >= 4 is 11.9 Å². The summed E-state index contributed by atoms with van der Waals surface area (Å²) < 4.78 is 0. The van der Waals surface area contributed by atoms with Crippen molar-refractivity contribution in [3.63, 3.8) is 0 Å². The molecular formula is C20H30O4. The van der Waals surface area contributed by atoms with Crippen LogP contribution in [-0.2, 0) is 12.8 Å². The summed E-state index contributed by atoms with van der Waals surface area (Å²) in [5.74, 6) is -1.57. The molecule has 2 N–H and O–H groups in total. The van der Waals surface area contributed by atoms with Gasteiger partial charge in [-0.3, -0.25) is 0 Å². The predicted octanol–water partition coefficient (Wildman–Crippen LogP) is 5.18. The van der Waals surface area contributed by atoms with Crippen molar-refractivity contribution in [1.29, 1.82) is 0 Å².